The van der Waals surface area contributed by atoms with Gasteiger partial charge in [0.25, 0.3) is 0 Å². The lowest BCUT2D eigenvalue weighted by atomic mass is 9.86. The first-order valence-electron chi connectivity index (χ1n) is 5.23. The van der Waals surface area contributed by atoms with Gasteiger partial charge in [-0.25, -0.2) is 9.37 Å². The molecule has 3 heteroatoms. The van der Waals surface area contributed by atoms with Crippen molar-refractivity contribution in [2.75, 3.05) is 0 Å². The van der Waals surface area contributed by atoms with Crippen LogP contribution in [0.25, 0.3) is 6.08 Å². The fourth-order valence-electron chi connectivity index (χ4n) is 1.16. The maximum atomic E-state index is 13.4. The van der Waals surface area contributed by atoms with Crippen LogP contribution in [0.2, 0.25) is 0 Å². The number of halogens is 2. The third kappa shape index (κ3) is 3.14. The fourth-order valence-corrected chi connectivity index (χ4v) is 1.54. The van der Waals surface area contributed by atoms with Gasteiger partial charge in [-0.05, 0) is 46.8 Å². The molecule has 88 valence electrons. The van der Waals surface area contributed by atoms with Gasteiger partial charge >= 0.3 is 0 Å². The summed E-state index contributed by atoms with van der Waals surface area (Å²) in [6, 6.07) is 1.52. The minimum Gasteiger partial charge on any atom is -0.243 e. The smallest absolute Gasteiger partial charge is 0.156 e. The van der Waals surface area contributed by atoms with E-state index in [1.165, 1.54) is 11.6 Å². The van der Waals surface area contributed by atoms with Crippen LogP contribution in [0.3, 0.4) is 0 Å². The van der Waals surface area contributed by atoms with Crippen molar-refractivity contribution in [2.45, 2.75) is 34.6 Å². The largest absolute Gasteiger partial charge is 0.243 e. The molecule has 0 saturated heterocycles. The van der Waals surface area contributed by atoms with E-state index in [0.29, 0.717) is 0 Å². The Kier molecular flexibility index (Phi) is 3.89. The Morgan fingerprint density at radius 2 is 2.00 bits per heavy atom. The van der Waals surface area contributed by atoms with Crippen LogP contribution in [0.5, 0.6) is 0 Å². The van der Waals surface area contributed by atoms with Crippen LogP contribution in [0.15, 0.2) is 16.2 Å². The molecular formula is C13H17BrFN. The van der Waals surface area contributed by atoms with E-state index >= 15 is 0 Å². The molecular weight excluding hydrogens is 269 g/mol. The Morgan fingerprint density at radius 3 is 2.50 bits per heavy atom. The number of nitrogens with zero attached hydrogens (tertiary/aromatic N) is 1. The molecule has 0 radical (unpaired) electrons. The van der Waals surface area contributed by atoms with E-state index in [1.54, 1.807) is 0 Å². The molecule has 0 saturated carbocycles. The van der Waals surface area contributed by atoms with Gasteiger partial charge in [-0.2, -0.15) is 0 Å². The van der Waals surface area contributed by atoms with Gasteiger partial charge in [-0.15, -0.1) is 0 Å². The molecule has 0 fully saturated rings. The fraction of sp³-hybridized carbons (Fsp3) is 0.462. The Morgan fingerprint density at radius 1 is 1.44 bits per heavy atom. The number of hydrogen-bond donors (Lipinski definition) is 0. The topological polar surface area (TPSA) is 12.9 Å². The molecule has 0 spiro atoms. The first kappa shape index (κ1) is 13.4. The van der Waals surface area contributed by atoms with Crippen molar-refractivity contribution in [3.05, 3.63) is 33.3 Å². The zero-order chi connectivity index (χ0) is 12.5. The van der Waals surface area contributed by atoms with Gasteiger partial charge in [0.2, 0.25) is 0 Å². The highest BCUT2D eigenvalue weighted by Crippen LogP contribution is 2.27. The second-order valence-electron chi connectivity index (χ2n) is 5.01. The summed E-state index contributed by atoms with van der Waals surface area (Å²) in [5.41, 5.74) is 2.97. The zero-order valence-corrected chi connectivity index (χ0v) is 11.9. The van der Waals surface area contributed by atoms with Crippen molar-refractivity contribution in [1.29, 1.82) is 0 Å². The van der Waals surface area contributed by atoms with Crippen LogP contribution in [0, 0.1) is 18.2 Å². The molecule has 1 heterocycles. The van der Waals surface area contributed by atoms with Gasteiger partial charge in [0.1, 0.15) is 4.60 Å². The maximum absolute atomic E-state index is 13.4. The van der Waals surface area contributed by atoms with Crippen molar-refractivity contribution < 1.29 is 4.39 Å². The lowest BCUT2D eigenvalue weighted by Crippen LogP contribution is -2.06. The molecule has 0 atom stereocenters. The first-order valence-corrected chi connectivity index (χ1v) is 6.02. The average Bonchev–Trinajstić information content (AvgIpc) is 2.12. The summed E-state index contributed by atoms with van der Waals surface area (Å²) in [6.45, 7) is 10.3. The predicted octanol–water partition coefficient (Wildman–Crippen LogP) is 4.74. The van der Waals surface area contributed by atoms with Crippen molar-refractivity contribution in [3.8, 4) is 0 Å². The summed E-state index contributed by atoms with van der Waals surface area (Å²) < 4.78 is 13.6. The Balaban J connectivity index is 3.21. The normalized spacial score (nSPS) is 13.1. The molecule has 16 heavy (non-hydrogen) atoms. The van der Waals surface area contributed by atoms with E-state index < -0.39 is 0 Å². The molecule has 0 unspecified atom stereocenters. The standard InChI is InChI=1S/C13H17BrFN/c1-8(13(3,4)5)6-10-7-11(15)12(14)16-9(10)2/h6-7H,1-5H3/b8-6+. The molecule has 0 aliphatic carbocycles. The van der Waals surface area contributed by atoms with E-state index in [1.807, 2.05) is 13.0 Å². The molecule has 0 aromatic carbocycles. The monoisotopic (exact) mass is 285 g/mol. The molecule has 0 aliphatic rings. The average molecular weight is 286 g/mol. The molecule has 0 N–H and O–H groups in total. The highest BCUT2D eigenvalue weighted by Gasteiger charge is 2.13. The Bertz CT molecular complexity index is 430. The molecule has 0 aliphatic heterocycles. The van der Waals surface area contributed by atoms with Crippen LogP contribution >= 0.6 is 15.9 Å². The summed E-state index contributed by atoms with van der Waals surface area (Å²) in [7, 11) is 0. The lowest BCUT2D eigenvalue weighted by Gasteiger charge is -2.19. The highest BCUT2D eigenvalue weighted by atomic mass is 79.9. The number of allylic oxidation sites excluding steroid dienone is 1. The van der Waals surface area contributed by atoms with Gasteiger partial charge in [0.15, 0.2) is 5.82 Å². The van der Waals surface area contributed by atoms with E-state index in [0.717, 1.165) is 11.3 Å². The van der Waals surface area contributed by atoms with Gasteiger partial charge < -0.3 is 0 Å². The number of rotatable bonds is 1. The van der Waals surface area contributed by atoms with Gasteiger partial charge in [-0.1, -0.05) is 32.4 Å². The summed E-state index contributed by atoms with van der Waals surface area (Å²) >= 11 is 3.08. The summed E-state index contributed by atoms with van der Waals surface area (Å²) in [5.74, 6) is -0.321. The van der Waals surface area contributed by atoms with E-state index in [4.69, 9.17) is 0 Å². The minimum atomic E-state index is -0.321. The molecule has 1 aromatic heterocycles. The molecule has 1 rings (SSSR count). The molecule has 1 nitrogen and oxygen atoms in total. The zero-order valence-electron chi connectivity index (χ0n) is 10.4. The lowest BCUT2D eigenvalue weighted by molar-refractivity contribution is 0.508. The SMILES string of the molecule is C/C(=C\c1cc(F)c(Br)nc1C)C(C)(C)C. The number of hydrogen-bond acceptors (Lipinski definition) is 1. The van der Waals surface area contributed by atoms with Gasteiger partial charge in [0.05, 0.1) is 0 Å². The summed E-state index contributed by atoms with van der Waals surface area (Å²) in [6.07, 6.45) is 2.00. The van der Waals surface area contributed by atoms with Crippen molar-refractivity contribution in [1.82, 2.24) is 4.98 Å². The van der Waals surface area contributed by atoms with Crippen molar-refractivity contribution in [2.24, 2.45) is 5.41 Å². The molecule has 1 aromatic rings. The molecule has 0 bridgehead atoms. The quantitative estimate of drug-likeness (QED) is 0.679. The van der Waals surface area contributed by atoms with Crippen LogP contribution in [0.4, 0.5) is 4.39 Å². The van der Waals surface area contributed by atoms with Crippen LogP contribution in [-0.4, -0.2) is 4.98 Å². The van der Waals surface area contributed by atoms with E-state index in [2.05, 4.69) is 48.6 Å². The van der Waals surface area contributed by atoms with Crippen LogP contribution in [-0.2, 0) is 0 Å². The number of aromatic nitrogens is 1. The van der Waals surface area contributed by atoms with Gasteiger partial charge in [-0.3, -0.25) is 0 Å². The second kappa shape index (κ2) is 4.66. The predicted molar refractivity (Wildman–Crippen MR) is 69.7 cm³/mol. The van der Waals surface area contributed by atoms with E-state index in [9.17, 15) is 4.39 Å². The van der Waals surface area contributed by atoms with E-state index in [-0.39, 0.29) is 15.8 Å². The summed E-state index contributed by atoms with van der Waals surface area (Å²) in [4.78, 5) is 4.11. The molecule has 0 amide bonds. The van der Waals surface area contributed by atoms with Gasteiger partial charge in [0, 0.05) is 5.69 Å². The van der Waals surface area contributed by atoms with Crippen LogP contribution in [0.1, 0.15) is 39.0 Å². The second-order valence-corrected chi connectivity index (χ2v) is 5.76. The Labute approximate surface area is 105 Å². The third-order valence-electron chi connectivity index (χ3n) is 2.72. The minimum absolute atomic E-state index is 0.0932. The Hall–Kier alpha value is -0.700. The first-order chi connectivity index (χ1) is 7.21. The number of pyridine rings is 1. The van der Waals surface area contributed by atoms with Crippen LogP contribution < -0.4 is 0 Å². The maximum Gasteiger partial charge on any atom is 0.156 e. The highest BCUT2D eigenvalue weighted by molar-refractivity contribution is 9.10. The number of aryl methyl sites for hydroxylation is 1. The third-order valence-corrected chi connectivity index (χ3v) is 3.27. The van der Waals surface area contributed by atoms with Crippen molar-refractivity contribution >= 4 is 22.0 Å². The van der Waals surface area contributed by atoms with Crippen molar-refractivity contribution in [3.63, 3.8) is 0 Å². The summed E-state index contributed by atoms with van der Waals surface area (Å²) in [5, 5.41) is 0.